The second-order valence-electron chi connectivity index (χ2n) is 8.05. The summed E-state index contributed by atoms with van der Waals surface area (Å²) in [7, 11) is 1.68. The van der Waals surface area contributed by atoms with Gasteiger partial charge in [-0.25, -0.2) is 0 Å². The van der Waals surface area contributed by atoms with Crippen molar-refractivity contribution in [3.05, 3.63) is 48.0 Å². The van der Waals surface area contributed by atoms with E-state index in [1.165, 1.54) is 0 Å². The van der Waals surface area contributed by atoms with Gasteiger partial charge in [0.2, 0.25) is 5.91 Å². The Morgan fingerprint density at radius 3 is 2.67 bits per heavy atom. The molecular formula is C23H30N4O3. The number of nitrogens with one attached hydrogen (secondary N) is 3. The van der Waals surface area contributed by atoms with E-state index in [9.17, 15) is 4.79 Å². The van der Waals surface area contributed by atoms with Crippen molar-refractivity contribution >= 4 is 17.3 Å². The molecule has 7 nitrogen and oxygen atoms in total. The number of methoxy groups -OCH3 is 1. The van der Waals surface area contributed by atoms with Crippen molar-refractivity contribution in [2.75, 3.05) is 37.0 Å². The van der Waals surface area contributed by atoms with Gasteiger partial charge in [-0.2, -0.15) is 0 Å². The standard InChI is InChI=1S/C23H30N4O3/c1-15(2)30-19-6-4-5-17(11-19)26-21-9-10-27(23(21)28)18-7-8-20(22(12-18)29-3)16-13-24-25-14-16/h4-8,11-12,15-16,21,24-26H,9-10,13-14H2,1-3H3. The van der Waals surface area contributed by atoms with Crippen LogP contribution in [0.4, 0.5) is 11.4 Å². The molecule has 1 unspecified atom stereocenters. The third-order valence-corrected chi connectivity index (χ3v) is 5.54. The van der Waals surface area contributed by atoms with E-state index < -0.39 is 0 Å². The van der Waals surface area contributed by atoms with Crippen LogP contribution in [-0.2, 0) is 4.79 Å². The minimum absolute atomic E-state index is 0.0733. The van der Waals surface area contributed by atoms with Crippen molar-refractivity contribution in [3.63, 3.8) is 0 Å². The van der Waals surface area contributed by atoms with E-state index in [1.54, 1.807) is 7.11 Å². The Balaban J connectivity index is 1.47. The van der Waals surface area contributed by atoms with E-state index in [4.69, 9.17) is 9.47 Å². The summed E-state index contributed by atoms with van der Waals surface area (Å²) in [6.07, 6.45) is 0.854. The normalized spacial score (nSPS) is 19.5. The molecule has 2 aromatic rings. The van der Waals surface area contributed by atoms with E-state index in [2.05, 4.69) is 22.2 Å². The molecule has 0 radical (unpaired) electrons. The molecule has 2 heterocycles. The van der Waals surface area contributed by atoms with Crippen molar-refractivity contribution in [1.82, 2.24) is 10.9 Å². The lowest BCUT2D eigenvalue weighted by Gasteiger charge is -2.21. The number of hydrogen-bond donors (Lipinski definition) is 3. The lowest BCUT2D eigenvalue weighted by molar-refractivity contribution is -0.117. The summed E-state index contributed by atoms with van der Waals surface area (Å²) >= 11 is 0. The summed E-state index contributed by atoms with van der Waals surface area (Å²) in [6.45, 7) is 6.40. The van der Waals surface area contributed by atoms with Crippen molar-refractivity contribution < 1.29 is 14.3 Å². The zero-order chi connectivity index (χ0) is 21.1. The maximum absolute atomic E-state index is 13.1. The van der Waals surface area contributed by atoms with Crippen LogP contribution < -0.4 is 30.5 Å². The molecule has 30 heavy (non-hydrogen) atoms. The average Bonchev–Trinajstić information content (AvgIpc) is 3.38. The Bertz CT molecular complexity index is 896. The number of hydrazine groups is 1. The molecular weight excluding hydrogens is 380 g/mol. The highest BCUT2D eigenvalue weighted by Gasteiger charge is 2.33. The van der Waals surface area contributed by atoms with Crippen LogP contribution in [0.1, 0.15) is 31.7 Å². The van der Waals surface area contributed by atoms with Gasteiger partial charge in [-0.3, -0.25) is 15.6 Å². The van der Waals surface area contributed by atoms with Crippen LogP contribution in [-0.4, -0.2) is 44.8 Å². The highest BCUT2D eigenvalue weighted by Crippen LogP contribution is 2.33. The fraction of sp³-hybridized carbons (Fsp3) is 0.435. The molecule has 160 valence electrons. The van der Waals surface area contributed by atoms with E-state index in [0.29, 0.717) is 12.5 Å². The number of carbonyl (C=O) groups is 1. The van der Waals surface area contributed by atoms with Gasteiger partial charge in [0.15, 0.2) is 0 Å². The molecule has 0 aromatic heterocycles. The molecule has 0 bridgehead atoms. The van der Waals surface area contributed by atoms with Crippen LogP contribution in [0.15, 0.2) is 42.5 Å². The molecule has 2 aliphatic heterocycles. The van der Waals surface area contributed by atoms with Gasteiger partial charge in [0.05, 0.1) is 13.2 Å². The quantitative estimate of drug-likeness (QED) is 0.652. The Morgan fingerprint density at radius 2 is 1.93 bits per heavy atom. The summed E-state index contributed by atoms with van der Waals surface area (Å²) < 4.78 is 11.4. The molecule has 0 aliphatic carbocycles. The predicted molar refractivity (Wildman–Crippen MR) is 118 cm³/mol. The van der Waals surface area contributed by atoms with E-state index in [1.807, 2.05) is 55.1 Å². The SMILES string of the molecule is COc1cc(N2CCC(Nc3cccc(OC(C)C)c3)C2=O)ccc1C1CNNC1. The van der Waals surface area contributed by atoms with E-state index in [-0.39, 0.29) is 18.1 Å². The van der Waals surface area contributed by atoms with Crippen molar-refractivity contribution in [3.8, 4) is 11.5 Å². The Hall–Kier alpha value is -2.77. The maximum Gasteiger partial charge on any atom is 0.249 e. The molecule has 0 spiro atoms. The van der Waals surface area contributed by atoms with Gasteiger partial charge in [0.1, 0.15) is 17.5 Å². The topological polar surface area (TPSA) is 74.9 Å². The molecule has 2 aromatic carbocycles. The van der Waals surface area contributed by atoms with Crippen LogP contribution in [0.2, 0.25) is 0 Å². The molecule has 3 N–H and O–H groups in total. The molecule has 0 saturated carbocycles. The van der Waals surface area contributed by atoms with Crippen LogP contribution in [0.25, 0.3) is 0 Å². The van der Waals surface area contributed by atoms with Gasteiger partial charge in [-0.1, -0.05) is 12.1 Å². The highest BCUT2D eigenvalue weighted by atomic mass is 16.5. The predicted octanol–water partition coefficient (Wildman–Crippen LogP) is 2.89. The summed E-state index contributed by atoms with van der Waals surface area (Å²) in [5.74, 6) is 2.06. The van der Waals surface area contributed by atoms with Gasteiger partial charge >= 0.3 is 0 Å². The largest absolute Gasteiger partial charge is 0.496 e. The Labute approximate surface area is 177 Å². The number of rotatable bonds is 7. The molecule has 4 rings (SSSR count). The first kappa shape index (κ1) is 20.5. The van der Waals surface area contributed by atoms with Crippen LogP contribution in [0.3, 0.4) is 0 Å². The van der Waals surface area contributed by atoms with Crippen molar-refractivity contribution in [2.45, 2.75) is 38.3 Å². The van der Waals surface area contributed by atoms with Gasteiger partial charge < -0.3 is 19.7 Å². The van der Waals surface area contributed by atoms with Gasteiger partial charge in [-0.15, -0.1) is 0 Å². The fourth-order valence-corrected chi connectivity index (χ4v) is 4.09. The molecule has 2 fully saturated rings. The molecule has 1 atom stereocenters. The fourth-order valence-electron chi connectivity index (χ4n) is 4.09. The first-order valence-corrected chi connectivity index (χ1v) is 10.5. The molecule has 2 saturated heterocycles. The number of hydrogen-bond acceptors (Lipinski definition) is 6. The highest BCUT2D eigenvalue weighted by molar-refractivity contribution is 6.01. The van der Waals surface area contributed by atoms with Gasteiger partial charge in [-0.05, 0) is 44.0 Å². The first-order chi connectivity index (χ1) is 14.5. The first-order valence-electron chi connectivity index (χ1n) is 10.5. The minimum Gasteiger partial charge on any atom is -0.496 e. The number of carbonyl (C=O) groups excluding carboxylic acids is 1. The molecule has 7 heteroatoms. The summed E-state index contributed by atoms with van der Waals surface area (Å²) in [5, 5.41) is 3.37. The average molecular weight is 411 g/mol. The Kier molecular flexibility index (Phi) is 6.11. The van der Waals surface area contributed by atoms with Crippen LogP contribution >= 0.6 is 0 Å². The summed E-state index contributed by atoms with van der Waals surface area (Å²) in [4.78, 5) is 14.9. The lowest BCUT2D eigenvalue weighted by atomic mass is 9.98. The minimum atomic E-state index is -0.256. The van der Waals surface area contributed by atoms with E-state index in [0.717, 1.165) is 47.9 Å². The molecule has 2 aliphatic rings. The number of amides is 1. The number of anilines is 2. The molecule has 1 amide bonds. The van der Waals surface area contributed by atoms with E-state index >= 15 is 0 Å². The summed E-state index contributed by atoms with van der Waals surface area (Å²) in [6, 6.07) is 13.6. The second kappa shape index (κ2) is 8.93. The summed E-state index contributed by atoms with van der Waals surface area (Å²) in [5.41, 5.74) is 9.23. The second-order valence-corrected chi connectivity index (χ2v) is 8.05. The third kappa shape index (κ3) is 4.37. The van der Waals surface area contributed by atoms with Crippen molar-refractivity contribution in [2.24, 2.45) is 0 Å². The van der Waals surface area contributed by atoms with Crippen LogP contribution in [0.5, 0.6) is 11.5 Å². The van der Waals surface area contributed by atoms with Gasteiger partial charge in [0, 0.05) is 49.1 Å². The smallest absolute Gasteiger partial charge is 0.249 e. The number of ether oxygens (including phenoxy) is 2. The lowest BCUT2D eigenvalue weighted by Crippen LogP contribution is -2.33. The number of benzene rings is 2. The zero-order valence-corrected chi connectivity index (χ0v) is 17.8. The Morgan fingerprint density at radius 1 is 1.13 bits per heavy atom. The van der Waals surface area contributed by atoms with Crippen LogP contribution in [0, 0.1) is 0 Å². The van der Waals surface area contributed by atoms with Crippen molar-refractivity contribution in [1.29, 1.82) is 0 Å². The number of nitrogens with zero attached hydrogens (tertiary/aromatic N) is 1. The van der Waals surface area contributed by atoms with Gasteiger partial charge in [0.25, 0.3) is 0 Å². The maximum atomic E-state index is 13.1. The zero-order valence-electron chi connectivity index (χ0n) is 17.8. The third-order valence-electron chi connectivity index (χ3n) is 5.54. The monoisotopic (exact) mass is 410 g/mol.